The molecule has 2 aromatic rings. The third-order valence-corrected chi connectivity index (χ3v) is 2.58. The second-order valence-electron chi connectivity index (χ2n) is 3.81. The van der Waals surface area contributed by atoms with Gasteiger partial charge < -0.3 is 4.74 Å². The van der Waals surface area contributed by atoms with Crippen LogP contribution in [0, 0.1) is 17.0 Å². The van der Waals surface area contributed by atoms with Crippen molar-refractivity contribution in [1.29, 1.82) is 0 Å². The third kappa shape index (κ3) is 2.63. The maximum Gasteiger partial charge on any atom is 0.294 e. The molecule has 1 heterocycles. The van der Waals surface area contributed by atoms with Gasteiger partial charge in [-0.2, -0.15) is 0 Å². The number of hydrogen-bond donors (Lipinski definition) is 0. The maximum absolute atomic E-state index is 10.8. The van der Waals surface area contributed by atoms with E-state index in [1.807, 2.05) is 30.3 Å². The number of hydrogen-bond acceptors (Lipinski definition) is 4. The van der Waals surface area contributed by atoms with E-state index in [-0.39, 0.29) is 5.69 Å². The molecule has 0 saturated carbocycles. The van der Waals surface area contributed by atoms with Crippen LogP contribution in [0.2, 0.25) is 0 Å². The van der Waals surface area contributed by atoms with Crippen molar-refractivity contribution in [2.24, 2.45) is 0 Å². The standard InChI is InChI=1S/C13H12N2O3/c1-10-12(15(16)17)7-14-8-13(10)18-9-11-5-3-2-4-6-11/h2-8H,9H2,1H3. The van der Waals surface area contributed by atoms with Gasteiger partial charge >= 0.3 is 0 Å². The first-order valence-electron chi connectivity index (χ1n) is 5.44. The molecular formula is C13H12N2O3. The quantitative estimate of drug-likeness (QED) is 0.612. The minimum Gasteiger partial charge on any atom is -0.487 e. The van der Waals surface area contributed by atoms with E-state index in [1.54, 1.807) is 6.92 Å². The van der Waals surface area contributed by atoms with Crippen molar-refractivity contribution < 1.29 is 9.66 Å². The Morgan fingerprint density at radius 3 is 2.67 bits per heavy atom. The van der Waals surface area contributed by atoms with Crippen LogP contribution in [0.15, 0.2) is 42.7 Å². The van der Waals surface area contributed by atoms with Crippen molar-refractivity contribution in [3.8, 4) is 5.75 Å². The zero-order valence-corrected chi connectivity index (χ0v) is 9.87. The Hall–Kier alpha value is -2.43. The fraction of sp³-hybridized carbons (Fsp3) is 0.154. The molecule has 5 nitrogen and oxygen atoms in total. The van der Waals surface area contributed by atoms with Gasteiger partial charge in [0.15, 0.2) is 0 Å². The number of ether oxygens (including phenoxy) is 1. The number of nitro groups is 1. The molecule has 1 aromatic carbocycles. The molecule has 0 aliphatic carbocycles. The lowest BCUT2D eigenvalue weighted by atomic mass is 10.2. The highest BCUT2D eigenvalue weighted by atomic mass is 16.6. The number of rotatable bonds is 4. The highest BCUT2D eigenvalue weighted by molar-refractivity contribution is 5.45. The summed E-state index contributed by atoms with van der Waals surface area (Å²) in [5.41, 5.74) is 1.47. The van der Waals surface area contributed by atoms with Crippen LogP contribution in [-0.4, -0.2) is 9.91 Å². The molecule has 2 rings (SSSR count). The van der Waals surface area contributed by atoms with Crippen LogP contribution >= 0.6 is 0 Å². The number of pyridine rings is 1. The van der Waals surface area contributed by atoms with Crippen molar-refractivity contribution in [1.82, 2.24) is 4.98 Å². The Bertz CT molecular complexity index is 555. The van der Waals surface area contributed by atoms with Crippen LogP contribution in [0.3, 0.4) is 0 Å². The van der Waals surface area contributed by atoms with E-state index in [1.165, 1.54) is 12.4 Å². The summed E-state index contributed by atoms with van der Waals surface area (Å²) < 4.78 is 5.55. The lowest BCUT2D eigenvalue weighted by Crippen LogP contribution is -2.00. The molecule has 0 spiro atoms. The third-order valence-electron chi connectivity index (χ3n) is 2.58. The van der Waals surface area contributed by atoms with Crippen molar-refractivity contribution in [2.45, 2.75) is 13.5 Å². The van der Waals surface area contributed by atoms with E-state index in [0.29, 0.717) is 17.9 Å². The van der Waals surface area contributed by atoms with Crippen molar-refractivity contribution in [3.05, 3.63) is 64.0 Å². The van der Waals surface area contributed by atoms with E-state index >= 15 is 0 Å². The first kappa shape index (κ1) is 12.0. The van der Waals surface area contributed by atoms with Gasteiger partial charge in [-0.15, -0.1) is 0 Å². The van der Waals surface area contributed by atoms with E-state index in [9.17, 15) is 10.1 Å². The largest absolute Gasteiger partial charge is 0.487 e. The summed E-state index contributed by atoms with van der Waals surface area (Å²) in [5.74, 6) is 0.438. The van der Waals surface area contributed by atoms with Gasteiger partial charge in [0.2, 0.25) is 0 Å². The summed E-state index contributed by atoms with van der Waals surface area (Å²) in [6, 6.07) is 9.61. The van der Waals surface area contributed by atoms with Gasteiger partial charge in [0.05, 0.1) is 16.7 Å². The Kier molecular flexibility index (Phi) is 3.52. The highest BCUT2D eigenvalue weighted by Crippen LogP contribution is 2.26. The molecule has 0 aliphatic rings. The number of nitrogens with zero attached hydrogens (tertiary/aromatic N) is 2. The van der Waals surface area contributed by atoms with Crippen LogP contribution in [0.4, 0.5) is 5.69 Å². The second-order valence-corrected chi connectivity index (χ2v) is 3.81. The topological polar surface area (TPSA) is 65.3 Å². The molecule has 5 heteroatoms. The molecule has 0 saturated heterocycles. The first-order chi connectivity index (χ1) is 8.68. The summed E-state index contributed by atoms with van der Waals surface area (Å²) in [4.78, 5) is 14.1. The fourth-order valence-corrected chi connectivity index (χ4v) is 1.56. The Balaban J connectivity index is 2.15. The van der Waals surface area contributed by atoms with Crippen molar-refractivity contribution >= 4 is 5.69 Å². The van der Waals surface area contributed by atoms with Gasteiger partial charge in [0.1, 0.15) is 18.6 Å². The van der Waals surface area contributed by atoms with Gasteiger partial charge in [-0.1, -0.05) is 30.3 Å². The van der Waals surface area contributed by atoms with Crippen LogP contribution in [0.1, 0.15) is 11.1 Å². The average Bonchev–Trinajstić information content (AvgIpc) is 2.38. The zero-order chi connectivity index (χ0) is 13.0. The summed E-state index contributed by atoms with van der Waals surface area (Å²) in [7, 11) is 0. The van der Waals surface area contributed by atoms with Gasteiger partial charge in [0, 0.05) is 0 Å². The SMILES string of the molecule is Cc1c(OCc2ccccc2)cncc1[N+](=O)[O-]. The summed E-state index contributed by atoms with van der Waals surface area (Å²) in [6.45, 7) is 2.02. The molecule has 0 amide bonds. The van der Waals surface area contributed by atoms with Crippen LogP contribution < -0.4 is 4.74 Å². The Morgan fingerprint density at radius 1 is 1.28 bits per heavy atom. The van der Waals surface area contributed by atoms with Gasteiger partial charge in [-0.05, 0) is 12.5 Å². The molecule has 0 atom stereocenters. The van der Waals surface area contributed by atoms with Crippen LogP contribution in [0.25, 0.3) is 0 Å². The first-order valence-corrected chi connectivity index (χ1v) is 5.44. The van der Waals surface area contributed by atoms with E-state index in [0.717, 1.165) is 5.56 Å². The summed E-state index contributed by atoms with van der Waals surface area (Å²) in [5, 5.41) is 10.8. The van der Waals surface area contributed by atoms with E-state index < -0.39 is 4.92 Å². The minimum atomic E-state index is -0.461. The molecule has 0 bridgehead atoms. The normalized spacial score (nSPS) is 10.1. The predicted molar refractivity (Wildman–Crippen MR) is 66.4 cm³/mol. The molecule has 0 unspecified atom stereocenters. The van der Waals surface area contributed by atoms with Gasteiger partial charge in [-0.25, -0.2) is 0 Å². The monoisotopic (exact) mass is 244 g/mol. The Morgan fingerprint density at radius 2 is 2.00 bits per heavy atom. The van der Waals surface area contributed by atoms with E-state index in [4.69, 9.17) is 4.74 Å². The van der Waals surface area contributed by atoms with Crippen LogP contribution in [-0.2, 0) is 6.61 Å². The molecule has 92 valence electrons. The number of benzene rings is 1. The van der Waals surface area contributed by atoms with Gasteiger partial charge in [0.25, 0.3) is 5.69 Å². The van der Waals surface area contributed by atoms with Crippen molar-refractivity contribution in [3.63, 3.8) is 0 Å². The fourth-order valence-electron chi connectivity index (χ4n) is 1.56. The highest BCUT2D eigenvalue weighted by Gasteiger charge is 2.15. The molecule has 0 radical (unpaired) electrons. The predicted octanol–water partition coefficient (Wildman–Crippen LogP) is 2.88. The minimum absolute atomic E-state index is 0.0273. The smallest absolute Gasteiger partial charge is 0.294 e. The number of aromatic nitrogens is 1. The molecular weight excluding hydrogens is 232 g/mol. The summed E-state index contributed by atoms with van der Waals surface area (Å²) in [6.07, 6.45) is 2.72. The lowest BCUT2D eigenvalue weighted by molar-refractivity contribution is -0.385. The molecule has 1 aromatic heterocycles. The zero-order valence-electron chi connectivity index (χ0n) is 9.87. The molecule has 0 fully saturated rings. The van der Waals surface area contributed by atoms with Crippen LogP contribution in [0.5, 0.6) is 5.75 Å². The maximum atomic E-state index is 10.8. The molecule has 18 heavy (non-hydrogen) atoms. The van der Waals surface area contributed by atoms with Gasteiger partial charge in [-0.3, -0.25) is 15.1 Å². The molecule has 0 aliphatic heterocycles. The summed E-state index contributed by atoms with van der Waals surface area (Å²) >= 11 is 0. The lowest BCUT2D eigenvalue weighted by Gasteiger charge is -2.08. The Labute approximate surface area is 104 Å². The van der Waals surface area contributed by atoms with Crippen molar-refractivity contribution in [2.75, 3.05) is 0 Å². The van der Waals surface area contributed by atoms with E-state index in [2.05, 4.69) is 4.98 Å². The second kappa shape index (κ2) is 5.27. The average molecular weight is 244 g/mol. The molecule has 0 N–H and O–H groups in total.